The fraction of sp³-hybridized carbons (Fsp3) is 0.294. The lowest BCUT2D eigenvalue weighted by Gasteiger charge is -2.17. The highest BCUT2D eigenvalue weighted by Crippen LogP contribution is 2.30. The molecule has 1 atom stereocenters. The van der Waals surface area contributed by atoms with Crippen molar-refractivity contribution in [3.8, 4) is 0 Å². The van der Waals surface area contributed by atoms with Gasteiger partial charge in [0.1, 0.15) is 5.82 Å². The van der Waals surface area contributed by atoms with E-state index in [-0.39, 0.29) is 12.1 Å². The van der Waals surface area contributed by atoms with E-state index in [4.69, 9.17) is 0 Å². The number of halogens is 3. The van der Waals surface area contributed by atoms with Crippen LogP contribution < -0.4 is 10.2 Å². The van der Waals surface area contributed by atoms with Gasteiger partial charge in [-0.05, 0) is 42.8 Å². The summed E-state index contributed by atoms with van der Waals surface area (Å²) in [6.07, 6.45) is -4.03. The summed E-state index contributed by atoms with van der Waals surface area (Å²) in [5.41, 5.74) is 0.367. The number of aliphatic hydroxyl groups excluding tert-OH is 1. The van der Waals surface area contributed by atoms with Crippen molar-refractivity contribution in [1.82, 2.24) is 14.6 Å². The third-order valence-corrected chi connectivity index (χ3v) is 4.30. The lowest BCUT2D eigenvalue weighted by atomic mass is 10.2. The number of nitrogens with one attached hydrogen (secondary N) is 1. The average Bonchev–Trinajstić information content (AvgIpc) is 3.19. The Morgan fingerprint density at radius 1 is 1.12 bits per heavy atom. The van der Waals surface area contributed by atoms with Crippen LogP contribution in [0.1, 0.15) is 12.0 Å². The maximum Gasteiger partial charge on any atom is 0.416 e. The van der Waals surface area contributed by atoms with E-state index in [1.165, 1.54) is 12.1 Å². The molecular formula is C17H16F3N5O. The molecule has 1 aliphatic heterocycles. The number of benzene rings is 1. The molecule has 9 heteroatoms. The van der Waals surface area contributed by atoms with E-state index >= 15 is 0 Å². The van der Waals surface area contributed by atoms with Gasteiger partial charge in [0, 0.05) is 18.8 Å². The fourth-order valence-corrected chi connectivity index (χ4v) is 3.01. The van der Waals surface area contributed by atoms with Crippen LogP contribution in [0, 0.1) is 0 Å². The molecule has 0 bridgehead atoms. The van der Waals surface area contributed by atoms with Gasteiger partial charge in [-0.1, -0.05) is 6.07 Å². The van der Waals surface area contributed by atoms with Gasteiger partial charge in [0.2, 0.25) is 5.95 Å². The van der Waals surface area contributed by atoms with E-state index in [1.807, 2.05) is 17.0 Å². The smallest absolute Gasteiger partial charge is 0.391 e. The highest BCUT2D eigenvalue weighted by Gasteiger charge is 2.30. The molecule has 136 valence electrons. The quantitative estimate of drug-likeness (QED) is 0.749. The molecule has 6 nitrogen and oxygen atoms in total. The zero-order chi connectivity index (χ0) is 18.3. The van der Waals surface area contributed by atoms with Crippen LogP contribution in [0.3, 0.4) is 0 Å². The predicted molar refractivity (Wildman–Crippen MR) is 90.6 cm³/mol. The van der Waals surface area contributed by atoms with Gasteiger partial charge >= 0.3 is 6.18 Å². The summed E-state index contributed by atoms with van der Waals surface area (Å²) in [6.45, 7) is 1.25. The minimum absolute atomic E-state index is 0.289. The van der Waals surface area contributed by atoms with Crippen LogP contribution in [0.2, 0.25) is 0 Å². The maximum absolute atomic E-state index is 12.6. The molecule has 1 saturated heterocycles. The largest absolute Gasteiger partial charge is 0.416 e. The van der Waals surface area contributed by atoms with Crippen molar-refractivity contribution in [1.29, 1.82) is 0 Å². The minimum Gasteiger partial charge on any atom is -0.391 e. The van der Waals surface area contributed by atoms with E-state index < -0.39 is 11.7 Å². The maximum atomic E-state index is 12.6. The van der Waals surface area contributed by atoms with Crippen molar-refractivity contribution >= 4 is 23.1 Å². The van der Waals surface area contributed by atoms with Crippen molar-refractivity contribution in [3.63, 3.8) is 0 Å². The zero-order valence-electron chi connectivity index (χ0n) is 13.6. The van der Waals surface area contributed by atoms with Crippen molar-refractivity contribution in [2.45, 2.75) is 18.7 Å². The van der Waals surface area contributed by atoms with Gasteiger partial charge in [0.25, 0.3) is 0 Å². The molecule has 0 spiro atoms. The van der Waals surface area contributed by atoms with Crippen LogP contribution in [-0.2, 0) is 6.18 Å². The standard InChI is InChI=1S/C17H16F3N5O/c18-17(19,20)11-4-6-12(7-5-11)21-16-22-14-2-1-3-15(25(14)23-16)24-9-8-13(26)10-24/h1-7,13,26H,8-10H2,(H,21,23)/t13-/m0/s1. The number of rotatable bonds is 3. The molecule has 2 aromatic heterocycles. The number of hydrogen-bond acceptors (Lipinski definition) is 5. The molecule has 1 fully saturated rings. The van der Waals surface area contributed by atoms with E-state index in [1.54, 1.807) is 10.6 Å². The Labute approximate surface area is 146 Å². The van der Waals surface area contributed by atoms with Gasteiger partial charge in [-0.25, -0.2) is 0 Å². The molecule has 0 radical (unpaired) electrons. The second kappa shape index (κ2) is 6.17. The number of fused-ring (bicyclic) bond motifs is 1. The molecule has 2 N–H and O–H groups in total. The van der Waals surface area contributed by atoms with E-state index in [9.17, 15) is 18.3 Å². The highest BCUT2D eigenvalue weighted by molar-refractivity contribution is 5.59. The first-order valence-corrected chi connectivity index (χ1v) is 8.13. The third kappa shape index (κ3) is 3.17. The van der Waals surface area contributed by atoms with Crippen LogP contribution in [0.25, 0.3) is 5.65 Å². The Morgan fingerprint density at radius 2 is 1.88 bits per heavy atom. The predicted octanol–water partition coefficient (Wildman–Crippen LogP) is 3.06. The number of alkyl halides is 3. The molecule has 0 saturated carbocycles. The number of aliphatic hydroxyl groups is 1. The number of hydrogen-bond donors (Lipinski definition) is 2. The molecular weight excluding hydrogens is 347 g/mol. The second-order valence-electron chi connectivity index (χ2n) is 6.18. The Kier molecular flexibility index (Phi) is 3.95. The van der Waals surface area contributed by atoms with Crippen molar-refractivity contribution in [3.05, 3.63) is 48.0 Å². The van der Waals surface area contributed by atoms with Crippen LogP contribution in [-0.4, -0.2) is 38.9 Å². The van der Waals surface area contributed by atoms with E-state index in [0.717, 1.165) is 24.5 Å². The molecule has 3 heterocycles. The first kappa shape index (κ1) is 16.6. The summed E-state index contributed by atoms with van der Waals surface area (Å²) in [4.78, 5) is 6.38. The van der Waals surface area contributed by atoms with Crippen molar-refractivity contribution in [2.24, 2.45) is 0 Å². The normalized spacial score (nSPS) is 17.8. The highest BCUT2D eigenvalue weighted by atomic mass is 19.4. The fourth-order valence-electron chi connectivity index (χ4n) is 3.01. The molecule has 4 rings (SSSR count). The molecule has 3 aromatic rings. The summed E-state index contributed by atoms with van der Waals surface area (Å²) in [5.74, 6) is 1.10. The van der Waals surface area contributed by atoms with Gasteiger partial charge in [0.05, 0.1) is 11.7 Å². The second-order valence-corrected chi connectivity index (χ2v) is 6.18. The molecule has 26 heavy (non-hydrogen) atoms. The first-order chi connectivity index (χ1) is 12.4. The average molecular weight is 363 g/mol. The Bertz CT molecular complexity index is 922. The van der Waals surface area contributed by atoms with Crippen LogP contribution >= 0.6 is 0 Å². The lowest BCUT2D eigenvalue weighted by molar-refractivity contribution is -0.137. The van der Waals surface area contributed by atoms with Crippen LogP contribution in [0.4, 0.5) is 30.6 Å². The van der Waals surface area contributed by atoms with Gasteiger partial charge in [0.15, 0.2) is 5.65 Å². The third-order valence-electron chi connectivity index (χ3n) is 4.30. The molecule has 1 aliphatic rings. The molecule has 0 unspecified atom stereocenters. The number of aromatic nitrogens is 3. The number of anilines is 3. The lowest BCUT2D eigenvalue weighted by Crippen LogP contribution is -2.23. The molecule has 1 aromatic carbocycles. The summed E-state index contributed by atoms with van der Waals surface area (Å²) in [7, 11) is 0. The molecule has 0 aliphatic carbocycles. The van der Waals surface area contributed by atoms with Gasteiger partial charge in [-0.3, -0.25) is 0 Å². The van der Waals surface area contributed by atoms with Gasteiger partial charge in [-0.15, -0.1) is 5.10 Å². The number of nitrogens with zero attached hydrogens (tertiary/aromatic N) is 4. The number of β-amino-alcohol motifs (C(OH)–C–C–N with tert-alkyl or cyclic N) is 1. The minimum atomic E-state index is -4.37. The van der Waals surface area contributed by atoms with Crippen LogP contribution in [0.5, 0.6) is 0 Å². The van der Waals surface area contributed by atoms with Crippen molar-refractivity contribution in [2.75, 3.05) is 23.3 Å². The molecule has 0 amide bonds. The van der Waals surface area contributed by atoms with Crippen molar-refractivity contribution < 1.29 is 18.3 Å². The number of pyridine rings is 1. The Hall–Kier alpha value is -2.81. The summed E-state index contributed by atoms with van der Waals surface area (Å²) in [5, 5.41) is 17.1. The van der Waals surface area contributed by atoms with E-state index in [2.05, 4.69) is 15.4 Å². The van der Waals surface area contributed by atoms with Gasteiger partial charge < -0.3 is 15.3 Å². The summed E-state index contributed by atoms with van der Waals surface area (Å²) >= 11 is 0. The first-order valence-electron chi connectivity index (χ1n) is 8.13. The monoisotopic (exact) mass is 363 g/mol. The Morgan fingerprint density at radius 3 is 2.54 bits per heavy atom. The van der Waals surface area contributed by atoms with Crippen LogP contribution in [0.15, 0.2) is 42.5 Å². The topological polar surface area (TPSA) is 65.7 Å². The summed E-state index contributed by atoms with van der Waals surface area (Å²) < 4.78 is 39.6. The summed E-state index contributed by atoms with van der Waals surface area (Å²) in [6, 6.07) is 10.2. The Balaban J connectivity index is 1.60. The van der Waals surface area contributed by atoms with Gasteiger partial charge in [-0.2, -0.15) is 22.7 Å². The SMILES string of the molecule is O[C@H]1CCN(c2cccc3nc(Nc4ccc(C(F)(F)F)cc4)nn23)C1. The van der Waals surface area contributed by atoms with E-state index in [0.29, 0.717) is 24.3 Å². The zero-order valence-corrected chi connectivity index (χ0v) is 13.6.